The van der Waals surface area contributed by atoms with Gasteiger partial charge in [-0.2, -0.15) is 5.10 Å². The lowest BCUT2D eigenvalue weighted by molar-refractivity contribution is 1.09. The summed E-state index contributed by atoms with van der Waals surface area (Å²) < 4.78 is 0. The van der Waals surface area contributed by atoms with E-state index in [-0.39, 0.29) is 0 Å². The molecule has 2 aromatic heterocycles. The number of aromatic amines is 1. The summed E-state index contributed by atoms with van der Waals surface area (Å²) in [6.07, 6.45) is 1.77. The summed E-state index contributed by atoms with van der Waals surface area (Å²) in [5, 5.41) is 10.4. The van der Waals surface area contributed by atoms with Gasteiger partial charge in [0.15, 0.2) is 0 Å². The molecule has 102 valence electrons. The molecule has 3 rings (SSSR count). The molecule has 0 aliphatic rings. The number of nitrogens with zero attached hydrogens (tertiary/aromatic N) is 1. The molecular weight excluding hydrogens is 266 g/mol. The van der Waals surface area contributed by atoms with E-state index in [0.717, 1.165) is 23.5 Å². The summed E-state index contributed by atoms with van der Waals surface area (Å²) in [5.41, 5.74) is 4.71. The zero-order valence-electron chi connectivity index (χ0n) is 11.6. The summed E-state index contributed by atoms with van der Waals surface area (Å²) >= 11 is 1.85. The third-order valence-electron chi connectivity index (χ3n) is 3.32. The highest BCUT2D eigenvalue weighted by Gasteiger charge is 2.03. The van der Waals surface area contributed by atoms with Gasteiger partial charge < -0.3 is 5.32 Å². The first kappa shape index (κ1) is 12.9. The monoisotopic (exact) mass is 283 g/mol. The molecule has 0 atom stereocenters. The molecule has 0 spiro atoms. The average molecular weight is 283 g/mol. The minimum atomic E-state index is 0.875. The summed E-state index contributed by atoms with van der Waals surface area (Å²) in [7, 11) is 0. The van der Waals surface area contributed by atoms with Crippen molar-refractivity contribution < 1.29 is 0 Å². The van der Waals surface area contributed by atoms with E-state index in [0.29, 0.717) is 0 Å². The van der Waals surface area contributed by atoms with Gasteiger partial charge in [0.05, 0.1) is 5.69 Å². The second-order valence-electron chi connectivity index (χ2n) is 4.84. The van der Waals surface area contributed by atoms with Crippen molar-refractivity contribution in [3.63, 3.8) is 0 Å². The third kappa shape index (κ3) is 2.75. The van der Waals surface area contributed by atoms with Gasteiger partial charge in [-0.3, -0.25) is 5.10 Å². The van der Waals surface area contributed by atoms with Crippen LogP contribution in [0.15, 0.2) is 42.6 Å². The van der Waals surface area contributed by atoms with Gasteiger partial charge in [-0.05, 0) is 49.2 Å². The van der Waals surface area contributed by atoms with Gasteiger partial charge in [0.2, 0.25) is 0 Å². The highest BCUT2D eigenvalue weighted by Crippen LogP contribution is 2.23. The van der Waals surface area contributed by atoms with Gasteiger partial charge in [-0.25, -0.2) is 0 Å². The van der Waals surface area contributed by atoms with Gasteiger partial charge >= 0.3 is 0 Å². The van der Waals surface area contributed by atoms with E-state index in [1.165, 1.54) is 15.3 Å². The van der Waals surface area contributed by atoms with E-state index in [1.807, 2.05) is 17.4 Å². The number of rotatable bonds is 4. The Hall–Kier alpha value is -2.07. The molecule has 1 aromatic carbocycles. The molecule has 3 aromatic rings. The van der Waals surface area contributed by atoms with Crippen molar-refractivity contribution in [2.24, 2.45) is 0 Å². The number of H-pyrrole nitrogens is 1. The number of benzene rings is 1. The van der Waals surface area contributed by atoms with Gasteiger partial charge in [0.1, 0.15) is 0 Å². The zero-order chi connectivity index (χ0) is 13.9. The Kier molecular flexibility index (Phi) is 3.56. The predicted octanol–water partition coefficient (Wildman–Crippen LogP) is 4.37. The van der Waals surface area contributed by atoms with Crippen molar-refractivity contribution in [3.8, 4) is 11.3 Å². The van der Waals surface area contributed by atoms with Gasteiger partial charge in [0.25, 0.3) is 0 Å². The molecule has 0 radical (unpaired) electrons. The quantitative estimate of drug-likeness (QED) is 0.746. The first-order valence-corrected chi connectivity index (χ1v) is 7.43. The van der Waals surface area contributed by atoms with Crippen LogP contribution >= 0.6 is 11.3 Å². The van der Waals surface area contributed by atoms with E-state index in [9.17, 15) is 0 Å². The molecule has 2 heterocycles. The Morgan fingerprint density at radius 3 is 2.55 bits per heavy atom. The van der Waals surface area contributed by atoms with Crippen molar-refractivity contribution in [1.29, 1.82) is 0 Å². The van der Waals surface area contributed by atoms with Crippen LogP contribution < -0.4 is 5.32 Å². The van der Waals surface area contributed by atoms with Crippen molar-refractivity contribution in [1.82, 2.24) is 10.2 Å². The topological polar surface area (TPSA) is 40.7 Å². The molecule has 4 heteroatoms. The van der Waals surface area contributed by atoms with Crippen molar-refractivity contribution in [3.05, 3.63) is 57.9 Å². The first-order chi connectivity index (χ1) is 9.72. The van der Waals surface area contributed by atoms with E-state index in [2.05, 4.69) is 59.7 Å². The lowest BCUT2D eigenvalue weighted by Gasteiger charge is -2.07. The number of hydrogen-bond donors (Lipinski definition) is 2. The lowest BCUT2D eigenvalue weighted by atomic mass is 10.1. The molecule has 2 N–H and O–H groups in total. The maximum Gasteiger partial charge on any atom is 0.0650 e. The minimum absolute atomic E-state index is 0.875. The Morgan fingerprint density at radius 2 is 1.95 bits per heavy atom. The van der Waals surface area contributed by atoms with Crippen molar-refractivity contribution in [2.75, 3.05) is 5.32 Å². The van der Waals surface area contributed by atoms with Gasteiger partial charge in [0, 0.05) is 28.2 Å². The average Bonchev–Trinajstić information content (AvgIpc) is 3.07. The maximum atomic E-state index is 3.97. The molecule has 0 bridgehead atoms. The molecular formula is C16H17N3S. The predicted molar refractivity (Wildman–Crippen MR) is 85.1 cm³/mol. The fourth-order valence-corrected chi connectivity index (χ4v) is 3.19. The number of anilines is 1. The fourth-order valence-electron chi connectivity index (χ4n) is 2.24. The molecule has 0 unspecified atom stereocenters. The summed E-state index contributed by atoms with van der Waals surface area (Å²) in [5.74, 6) is 0. The number of aromatic nitrogens is 2. The van der Waals surface area contributed by atoms with E-state index in [1.54, 1.807) is 6.20 Å². The molecule has 0 saturated heterocycles. The Morgan fingerprint density at radius 1 is 1.15 bits per heavy atom. The molecule has 0 amide bonds. The van der Waals surface area contributed by atoms with E-state index >= 15 is 0 Å². The molecule has 0 fully saturated rings. The van der Waals surface area contributed by atoms with Crippen LogP contribution in [0.2, 0.25) is 0 Å². The van der Waals surface area contributed by atoms with Crippen molar-refractivity contribution in [2.45, 2.75) is 20.4 Å². The van der Waals surface area contributed by atoms with Gasteiger partial charge in [-0.1, -0.05) is 12.1 Å². The smallest absolute Gasteiger partial charge is 0.0650 e. The molecule has 3 nitrogen and oxygen atoms in total. The zero-order valence-corrected chi connectivity index (χ0v) is 12.4. The minimum Gasteiger partial charge on any atom is -0.381 e. The van der Waals surface area contributed by atoms with Crippen LogP contribution in [-0.2, 0) is 6.54 Å². The Bertz CT molecular complexity index is 681. The van der Waals surface area contributed by atoms with Crippen LogP contribution in [0.4, 0.5) is 5.69 Å². The van der Waals surface area contributed by atoms with Crippen LogP contribution in [0.5, 0.6) is 0 Å². The first-order valence-electron chi connectivity index (χ1n) is 6.62. The lowest BCUT2D eigenvalue weighted by Crippen LogP contribution is -1.99. The van der Waals surface area contributed by atoms with Crippen LogP contribution in [0.3, 0.4) is 0 Å². The normalized spacial score (nSPS) is 10.7. The standard InChI is InChI=1S/C16H17N3S/c1-11-9-14(12(2)20-11)10-17-15-5-3-13(4-6-15)16-7-8-18-19-16/h3-9,17H,10H2,1-2H3,(H,18,19). The summed E-state index contributed by atoms with van der Waals surface area (Å²) in [6.45, 7) is 5.20. The summed E-state index contributed by atoms with van der Waals surface area (Å²) in [6, 6.07) is 12.6. The second-order valence-corrected chi connectivity index (χ2v) is 6.30. The number of nitrogens with one attached hydrogen (secondary N) is 2. The largest absolute Gasteiger partial charge is 0.381 e. The highest BCUT2D eigenvalue weighted by atomic mass is 32.1. The fraction of sp³-hybridized carbons (Fsp3) is 0.188. The molecule has 20 heavy (non-hydrogen) atoms. The van der Waals surface area contributed by atoms with Crippen LogP contribution in [0, 0.1) is 13.8 Å². The molecule has 0 aliphatic carbocycles. The number of thiophene rings is 1. The van der Waals surface area contributed by atoms with Crippen LogP contribution in [0.25, 0.3) is 11.3 Å². The maximum absolute atomic E-state index is 3.97. The Labute approximate surface area is 122 Å². The molecule has 0 saturated carbocycles. The summed E-state index contributed by atoms with van der Waals surface area (Å²) in [4.78, 5) is 2.76. The number of hydrogen-bond acceptors (Lipinski definition) is 3. The van der Waals surface area contributed by atoms with Crippen LogP contribution in [-0.4, -0.2) is 10.2 Å². The van der Waals surface area contributed by atoms with E-state index < -0.39 is 0 Å². The highest BCUT2D eigenvalue weighted by molar-refractivity contribution is 7.12. The third-order valence-corrected chi connectivity index (χ3v) is 4.33. The second kappa shape index (κ2) is 5.51. The Balaban J connectivity index is 1.68. The van der Waals surface area contributed by atoms with Crippen molar-refractivity contribution >= 4 is 17.0 Å². The SMILES string of the molecule is Cc1cc(CNc2ccc(-c3ccn[nH]3)cc2)c(C)s1. The number of aryl methyl sites for hydroxylation is 2. The molecule has 0 aliphatic heterocycles. The van der Waals surface area contributed by atoms with E-state index in [4.69, 9.17) is 0 Å². The van der Waals surface area contributed by atoms with Crippen LogP contribution in [0.1, 0.15) is 15.3 Å². The van der Waals surface area contributed by atoms with Gasteiger partial charge in [-0.15, -0.1) is 11.3 Å².